The summed E-state index contributed by atoms with van der Waals surface area (Å²) in [4.78, 5) is 24.0. The SMILES string of the molecule is CC1CC(=O)[C@@]2(CCCC[C@@H]2C)C1=O. The topological polar surface area (TPSA) is 34.1 Å². The molecule has 0 aromatic heterocycles. The van der Waals surface area contributed by atoms with Crippen LogP contribution in [-0.2, 0) is 9.59 Å². The quantitative estimate of drug-likeness (QED) is 0.555. The molecule has 1 spiro atoms. The first-order chi connectivity index (χ1) is 6.59. The molecule has 2 nitrogen and oxygen atoms in total. The van der Waals surface area contributed by atoms with E-state index in [2.05, 4.69) is 6.92 Å². The monoisotopic (exact) mass is 194 g/mol. The highest BCUT2D eigenvalue weighted by Crippen LogP contribution is 2.49. The minimum Gasteiger partial charge on any atom is -0.299 e. The van der Waals surface area contributed by atoms with E-state index >= 15 is 0 Å². The van der Waals surface area contributed by atoms with Gasteiger partial charge in [-0.25, -0.2) is 0 Å². The van der Waals surface area contributed by atoms with Crippen LogP contribution >= 0.6 is 0 Å². The number of carbonyl (C=O) groups is 2. The molecule has 78 valence electrons. The molecule has 0 saturated heterocycles. The van der Waals surface area contributed by atoms with Crippen LogP contribution in [0.25, 0.3) is 0 Å². The third-order valence-corrected chi connectivity index (χ3v) is 4.18. The van der Waals surface area contributed by atoms with E-state index in [0.29, 0.717) is 6.42 Å². The number of Topliss-reactive ketones (excluding diaryl/α,β-unsaturated/α-hetero) is 2. The molecule has 0 aromatic rings. The lowest BCUT2D eigenvalue weighted by Crippen LogP contribution is -2.42. The van der Waals surface area contributed by atoms with Crippen LogP contribution in [0, 0.1) is 17.3 Å². The Kier molecular flexibility index (Phi) is 2.24. The van der Waals surface area contributed by atoms with Crippen LogP contribution in [0.1, 0.15) is 46.0 Å². The van der Waals surface area contributed by atoms with E-state index in [1.165, 1.54) is 6.42 Å². The van der Waals surface area contributed by atoms with Crippen molar-refractivity contribution in [2.45, 2.75) is 46.0 Å². The molecule has 2 saturated carbocycles. The second kappa shape index (κ2) is 3.18. The summed E-state index contributed by atoms with van der Waals surface area (Å²) in [6, 6.07) is 0. The fourth-order valence-corrected chi connectivity index (χ4v) is 3.26. The van der Waals surface area contributed by atoms with Gasteiger partial charge >= 0.3 is 0 Å². The van der Waals surface area contributed by atoms with Gasteiger partial charge in [0.2, 0.25) is 0 Å². The van der Waals surface area contributed by atoms with Crippen molar-refractivity contribution in [2.24, 2.45) is 17.3 Å². The second-order valence-electron chi connectivity index (χ2n) is 5.01. The van der Waals surface area contributed by atoms with Crippen molar-refractivity contribution >= 4 is 11.6 Å². The molecule has 0 amide bonds. The van der Waals surface area contributed by atoms with Gasteiger partial charge in [0.1, 0.15) is 11.6 Å². The molecule has 2 heteroatoms. The van der Waals surface area contributed by atoms with Gasteiger partial charge in [-0.2, -0.15) is 0 Å². The summed E-state index contributed by atoms with van der Waals surface area (Å²) in [6.45, 7) is 3.98. The fourth-order valence-electron chi connectivity index (χ4n) is 3.26. The smallest absolute Gasteiger partial charge is 0.149 e. The molecule has 0 aromatic carbocycles. The highest BCUT2D eigenvalue weighted by molar-refractivity contribution is 6.14. The van der Waals surface area contributed by atoms with Gasteiger partial charge in [-0.15, -0.1) is 0 Å². The minimum atomic E-state index is -0.558. The Morgan fingerprint density at radius 1 is 1.21 bits per heavy atom. The number of hydrogen-bond acceptors (Lipinski definition) is 2. The maximum Gasteiger partial charge on any atom is 0.149 e. The molecule has 2 aliphatic rings. The average Bonchev–Trinajstić information content (AvgIpc) is 2.36. The van der Waals surface area contributed by atoms with Crippen LogP contribution in [0.2, 0.25) is 0 Å². The van der Waals surface area contributed by atoms with Crippen molar-refractivity contribution in [1.29, 1.82) is 0 Å². The van der Waals surface area contributed by atoms with Gasteiger partial charge in [0.15, 0.2) is 0 Å². The van der Waals surface area contributed by atoms with E-state index in [9.17, 15) is 9.59 Å². The largest absolute Gasteiger partial charge is 0.299 e. The molecule has 0 radical (unpaired) electrons. The molecule has 3 atom stereocenters. The van der Waals surface area contributed by atoms with E-state index in [4.69, 9.17) is 0 Å². The predicted molar refractivity (Wildman–Crippen MR) is 53.9 cm³/mol. The third-order valence-electron chi connectivity index (χ3n) is 4.18. The predicted octanol–water partition coefficient (Wildman–Crippen LogP) is 2.36. The highest BCUT2D eigenvalue weighted by atomic mass is 16.2. The van der Waals surface area contributed by atoms with E-state index in [1.807, 2.05) is 6.92 Å². The van der Waals surface area contributed by atoms with Crippen molar-refractivity contribution < 1.29 is 9.59 Å². The van der Waals surface area contributed by atoms with Gasteiger partial charge in [-0.3, -0.25) is 9.59 Å². The number of rotatable bonds is 0. The van der Waals surface area contributed by atoms with Crippen molar-refractivity contribution in [1.82, 2.24) is 0 Å². The first kappa shape index (κ1) is 9.88. The van der Waals surface area contributed by atoms with Crippen molar-refractivity contribution in [2.75, 3.05) is 0 Å². The molecular weight excluding hydrogens is 176 g/mol. The van der Waals surface area contributed by atoms with Gasteiger partial charge in [0.25, 0.3) is 0 Å². The van der Waals surface area contributed by atoms with Crippen LogP contribution in [-0.4, -0.2) is 11.6 Å². The van der Waals surface area contributed by atoms with E-state index < -0.39 is 5.41 Å². The zero-order chi connectivity index (χ0) is 10.3. The van der Waals surface area contributed by atoms with Crippen LogP contribution < -0.4 is 0 Å². The average molecular weight is 194 g/mol. The maximum atomic E-state index is 12.1. The molecule has 2 aliphatic carbocycles. The summed E-state index contributed by atoms with van der Waals surface area (Å²) < 4.78 is 0. The Morgan fingerprint density at radius 3 is 2.43 bits per heavy atom. The van der Waals surface area contributed by atoms with Gasteiger partial charge < -0.3 is 0 Å². The minimum absolute atomic E-state index is 0.0250. The van der Waals surface area contributed by atoms with E-state index in [0.717, 1.165) is 19.3 Å². The van der Waals surface area contributed by atoms with E-state index in [1.54, 1.807) is 0 Å². The molecule has 14 heavy (non-hydrogen) atoms. The third kappa shape index (κ3) is 1.09. The highest BCUT2D eigenvalue weighted by Gasteiger charge is 2.56. The summed E-state index contributed by atoms with van der Waals surface area (Å²) in [6.07, 6.45) is 4.58. The lowest BCUT2D eigenvalue weighted by Gasteiger charge is -2.36. The number of hydrogen-bond donors (Lipinski definition) is 0. The number of ketones is 2. The summed E-state index contributed by atoms with van der Waals surface area (Å²) in [5, 5.41) is 0. The normalized spacial score (nSPS) is 43.6. The van der Waals surface area contributed by atoms with E-state index in [-0.39, 0.29) is 23.4 Å². The Morgan fingerprint density at radius 2 is 1.93 bits per heavy atom. The van der Waals surface area contributed by atoms with Gasteiger partial charge in [0.05, 0.1) is 5.41 Å². The first-order valence-corrected chi connectivity index (χ1v) is 5.66. The molecule has 2 rings (SSSR count). The van der Waals surface area contributed by atoms with Gasteiger partial charge in [-0.05, 0) is 18.8 Å². The Balaban J connectivity index is 2.36. The molecule has 1 unspecified atom stereocenters. The summed E-state index contributed by atoms with van der Waals surface area (Å²) in [5.74, 6) is 0.709. The summed E-state index contributed by atoms with van der Waals surface area (Å²) >= 11 is 0. The Bertz CT molecular complexity index is 282. The van der Waals surface area contributed by atoms with Crippen LogP contribution in [0.5, 0.6) is 0 Å². The Hall–Kier alpha value is -0.660. The Labute approximate surface area is 85.1 Å². The van der Waals surface area contributed by atoms with Crippen molar-refractivity contribution in [3.63, 3.8) is 0 Å². The molecule has 0 aliphatic heterocycles. The zero-order valence-electron chi connectivity index (χ0n) is 9.01. The zero-order valence-corrected chi connectivity index (χ0v) is 9.01. The summed E-state index contributed by atoms with van der Waals surface area (Å²) in [7, 11) is 0. The molecular formula is C12H18O2. The van der Waals surface area contributed by atoms with Crippen LogP contribution in [0.15, 0.2) is 0 Å². The fraction of sp³-hybridized carbons (Fsp3) is 0.833. The van der Waals surface area contributed by atoms with Crippen molar-refractivity contribution in [3.8, 4) is 0 Å². The first-order valence-electron chi connectivity index (χ1n) is 5.66. The lowest BCUT2D eigenvalue weighted by atomic mass is 9.64. The van der Waals surface area contributed by atoms with Gasteiger partial charge in [-0.1, -0.05) is 26.7 Å². The summed E-state index contributed by atoms with van der Waals surface area (Å²) in [5.41, 5.74) is -0.558. The van der Waals surface area contributed by atoms with Crippen LogP contribution in [0.3, 0.4) is 0 Å². The van der Waals surface area contributed by atoms with Gasteiger partial charge in [0, 0.05) is 12.3 Å². The molecule has 0 N–H and O–H groups in total. The molecule has 0 bridgehead atoms. The maximum absolute atomic E-state index is 12.1. The number of carbonyl (C=O) groups excluding carboxylic acids is 2. The standard InChI is InChI=1S/C12H18O2/c1-8-7-10(13)12(11(8)14)6-4-3-5-9(12)2/h8-9H,3-7H2,1-2H3/t8?,9-,12-/m0/s1. The second-order valence-corrected chi connectivity index (χ2v) is 5.01. The van der Waals surface area contributed by atoms with Crippen molar-refractivity contribution in [3.05, 3.63) is 0 Å². The van der Waals surface area contributed by atoms with Crippen LogP contribution in [0.4, 0.5) is 0 Å². The molecule has 0 heterocycles. The lowest BCUT2D eigenvalue weighted by molar-refractivity contribution is -0.141. The molecule has 2 fully saturated rings.